The van der Waals surface area contributed by atoms with Crippen LogP contribution in [0.25, 0.3) is 11.3 Å². The number of amides is 3. The minimum Gasteiger partial charge on any atom is -0.477 e. The third-order valence-corrected chi connectivity index (χ3v) is 12.9. The number of ether oxygens (including phenoxy) is 1. The van der Waals surface area contributed by atoms with Gasteiger partial charge in [-0.05, 0) is 93.3 Å². The van der Waals surface area contributed by atoms with Crippen molar-refractivity contribution in [1.82, 2.24) is 30.0 Å². The maximum absolute atomic E-state index is 13.8. The molecule has 2 N–H and O–H groups in total. The predicted molar refractivity (Wildman–Crippen MR) is 220 cm³/mol. The first-order valence-corrected chi connectivity index (χ1v) is 20.7. The van der Waals surface area contributed by atoms with Crippen LogP contribution in [0.15, 0.2) is 59.9 Å². The number of piperazine rings is 1. The number of pyridine rings is 2. The number of aromatic nitrogens is 4. The summed E-state index contributed by atoms with van der Waals surface area (Å²) in [5.41, 5.74) is 7.65. The number of fused-ring (bicyclic) bond motifs is 8. The van der Waals surface area contributed by atoms with Gasteiger partial charge in [0.1, 0.15) is 0 Å². The highest BCUT2D eigenvalue weighted by Crippen LogP contribution is 2.45. The lowest BCUT2D eigenvalue weighted by Crippen LogP contribution is -2.53. The van der Waals surface area contributed by atoms with Crippen molar-refractivity contribution in [2.45, 2.75) is 57.4 Å². The molecule has 3 amide bonds. The molecule has 6 aliphatic rings. The second kappa shape index (κ2) is 14.8. The number of nitrogens with zero attached hydrogens (tertiary/aromatic N) is 9. The van der Waals surface area contributed by atoms with Gasteiger partial charge in [0, 0.05) is 82.3 Å². The molecule has 3 aromatic heterocycles. The predicted octanol–water partition coefficient (Wildman–Crippen LogP) is 4.34. The van der Waals surface area contributed by atoms with E-state index in [9.17, 15) is 14.4 Å². The zero-order valence-corrected chi connectivity index (χ0v) is 33.1. The highest BCUT2D eigenvalue weighted by atomic mass is 16.5. The summed E-state index contributed by atoms with van der Waals surface area (Å²) in [7, 11) is 1.87. The Balaban J connectivity index is 0.798. The summed E-state index contributed by atoms with van der Waals surface area (Å²) < 4.78 is 8.04. The molecule has 0 radical (unpaired) electrons. The van der Waals surface area contributed by atoms with Gasteiger partial charge in [-0.2, -0.15) is 10.1 Å². The number of guanidine groups is 1. The van der Waals surface area contributed by atoms with Crippen LogP contribution in [0.3, 0.4) is 0 Å². The number of aliphatic imine (C=N–C) groups is 1. The van der Waals surface area contributed by atoms with Crippen molar-refractivity contribution in [2.75, 3.05) is 72.4 Å². The Hall–Kier alpha value is -5.83. The van der Waals surface area contributed by atoms with E-state index in [2.05, 4.69) is 64.6 Å². The molecule has 4 fully saturated rings. The third kappa shape index (κ3) is 7.05. The van der Waals surface area contributed by atoms with E-state index in [1.807, 2.05) is 26.2 Å². The molecule has 4 aromatic rings. The summed E-state index contributed by atoms with van der Waals surface area (Å²) in [6.07, 6.45) is 8.74. The van der Waals surface area contributed by atoms with Gasteiger partial charge in [0.05, 0.1) is 58.9 Å². The number of carbonyl (C=O) groups excluding carboxylic acids is 3. The molecule has 15 heteroatoms. The number of carbonyl (C=O) groups is 3. The number of imide groups is 1. The van der Waals surface area contributed by atoms with E-state index >= 15 is 0 Å². The SMILES string of the molecule is Cc1cc2cc(n1)-c1cnn(C)c1OCC[C@@H]1C[C@H]1CN1/C(=N/C2=O)Nc2ccc(N3CCN(C4CCN(c5ccc(C6CCC(=O)NC6=O)nc5)CC4)CC3)cc21. The topological polar surface area (TPSA) is 153 Å². The molecular weight excluding hydrogens is 735 g/mol. The van der Waals surface area contributed by atoms with Gasteiger partial charge in [-0.15, -0.1) is 0 Å². The second-order valence-electron chi connectivity index (χ2n) is 16.6. The summed E-state index contributed by atoms with van der Waals surface area (Å²) >= 11 is 0. The number of rotatable bonds is 4. The van der Waals surface area contributed by atoms with E-state index in [4.69, 9.17) is 14.7 Å². The van der Waals surface area contributed by atoms with Crippen molar-refractivity contribution < 1.29 is 19.1 Å². The van der Waals surface area contributed by atoms with Gasteiger partial charge >= 0.3 is 0 Å². The first-order chi connectivity index (χ1) is 28.2. The van der Waals surface area contributed by atoms with Crippen molar-refractivity contribution in [3.05, 3.63) is 71.8 Å². The molecule has 15 nitrogen and oxygen atoms in total. The molecule has 300 valence electrons. The Labute approximate surface area is 337 Å². The zero-order chi connectivity index (χ0) is 39.5. The number of benzene rings is 1. The Kier molecular flexibility index (Phi) is 9.34. The summed E-state index contributed by atoms with van der Waals surface area (Å²) in [5, 5.41) is 10.4. The molecule has 1 aromatic carbocycles. The highest BCUT2D eigenvalue weighted by molar-refractivity contribution is 6.19. The fourth-order valence-electron chi connectivity index (χ4n) is 9.51. The zero-order valence-electron chi connectivity index (χ0n) is 33.1. The van der Waals surface area contributed by atoms with E-state index in [1.165, 1.54) is 5.69 Å². The molecule has 3 atom stereocenters. The Morgan fingerprint density at radius 1 is 0.828 bits per heavy atom. The average Bonchev–Trinajstić information content (AvgIpc) is 3.75. The third-order valence-electron chi connectivity index (χ3n) is 12.9. The maximum atomic E-state index is 13.8. The van der Waals surface area contributed by atoms with E-state index < -0.39 is 0 Å². The van der Waals surface area contributed by atoms with E-state index in [-0.39, 0.29) is 23.6 Å². The minimum absolute atomic E-state index is 0.207. The molecule has 8 heterocycles. The number of nitrogens with one attached hydrogen (secondary N) is 2. The fourth-order valence-corrected chi connectivity index (χ4v) is 9.51. The molecule has 1 saturated carbocycles. The molecule has 1 unspecified atom stereocenters. The number of piperidine rings is 2. The smallest absolute Gasteiger partial charge is 0.280 e. The Morgan fingerprint density at radius 2 is 1.64 bits per heavy atom. The van der Waals surface area contributed by atoms with Crippen LogP contribution in [0.5, 0.6) is 5.88 Å². The summed E-state index contributed by atoms with van der Waals surface area (Å²) in [5.74, 6) is 1.11. The second-order valence-corrected chi connectivity index (χ2v) is 16.6. The van der Waals surface area contributed by atoms with E-state index in [1.54, 1.807) is 23.0 Å². The van der Waals surface area contributed by atoms with Gasteiger partial charge in [-0.1, -0.05) is 0 Å². The number of hydrogen-bond acceptors (Lipinski definition) is 12. The lowest BCUT2D eigenvalue weighted by molar-refractivity contribution is -0.134. The quantitative estimate of drug-likeness (QED) is 0.283. The molecule has 5 aliphatic heterocycles. The van der Waals surface area contributed by atoms with Gasteiger partial charge in [-0.25, -0.2) is 4.68 Å². The molecule has 3 saturated heterocycles. The maximum Gasteiger partial charge on any atom is 0.280 e. The van der Waals surface area contributed by atoms with Crippen LogP contribution in [0.4, 0.5) is 22.7 Å². The summed E-state index contributed by atoms with van der Waals surface area (Å²) in [4.78, 5) is 61.6. The number of hydrogen-bond donors (Lipinski definition) is 2. The van der Waals surface area contributed by atoms with Gasteiger partial charge in [0.2, 0.25) is 23.7 Å². The van der Waals surface area contributed by atoms with Crippen LogP contribution < -0.4 is 30.1 Å². The van der Waals surface area contributed by atoms with Crippen molar-refractivity contribution in [1.29, 1.82) is 0 Å². The largest absolute Gasteiger partial charge is 0.477 e. The van der Waals surface area contributed by atoms with Gasteiger partial charge < -0.3 is 24.8 Å². The lowest BCUT2D eigenvalue weighted by Gasteiger charge is -2.43. The van der Waals surface area contributed by atoms with Crippen LogP contribution in [-0.4, -0.2) is 107 Å². The first-order valence-electron chi connectivity index (χ1n) is 20.7. The van der Waals surface area contributed by atoms with Crippen LogP contribution in [0.2, 0.25) is 0 Å². The van der Waals surface area contributed by atoms with Crippen molar-refractivity contribution in [3.8, 4) is 17.1 Å². The van der Waals surface area contributed by atoms with Gasteiger partial charge in [-0.3, -0.25) is 34.6 Å². The van der Waals surface area contributed by atoms with Crippen LogP contribution >= 0.6 is 0 Å². The van der Waals surface area contributed by atoms with E-state index in [0.717, 1.165) is 106 Å². The minimum atomic E-state index is -0.362. The van der Waals surface area contributed by atoms with Gasteiger partial charge in [0.15, 0.2) is 0 Å². The monoisotopic (exact) mass is 783 g/mol. The lowest BCUT2D eigenvalue weighted by atomic mass is 9.94. The molecule has 0 spiro atoms. The molecule has 58 heavy (non-hydrogen) atoms. The first kappa shape index (κ1) is 36.5. The Morgan fingerprint density at radius 3 is 2.43 bits per heavy atom. The summed E-state index contributed by atoms with van der Waals surface area (Å²) in [6.45, 7) is 9.10. The number of aryl methyl sites for hydroxylation is 2. The fraction of sp³-hybridized carbons (Fsp3) is 0.465. The molecule has 10 rings (SSSR count). The molecule has 2 bridgehead atoms. The van der Waals surface area contributed by atoms with Crippen molar-refractivity contribution in [2.24, 2.45) is 23.9 Å². The van der Waals surface area contributed by atoms with Crippen molar-refractivity contribution >= 4 is 46.4 Å². The molecular formula is C43H49N11O4. The normalized spacial score (nSPS) is 24.9. The van der Waals surface area contributed by atoms with Crippen LogP contribution in [-0.2, 0) is 16.6 Å². The highest BCUT2D eigenvalue weighted by Gasteiger charge is 2.41. The number of anilines is 4. The summed E-state index contributed by atoms with van der Waals surface area (Å²) in [6, 6.07) is 14.7. The Bertz CT molecular complexity index is 2290. The average molecular weight is 784 g/mol. The van der Waals surface area contributed by atoms with Crippen molar-refractivity contribution in [3.63, 3.8) is 0 Å². The standard InChI is InChI=1S/C43H49N11O4/c1-26-19-28-21-37(46-26)34-24-45-50(2)42(34)58-18-11-27-20-29(27)25-54-38-22-31(3-7-36(38)47-43(54)49-40(28)56)53-16-14-52(15-17-53)30-9-12-51(13-10-30)32-4-6-35(44-23-32)33-5-8-39(55)48-41(33)57/h3-4,6-7,19,21-24,27,29-30,33H,5,8-18,20,25H2,1-2H3,(H,47,49,56)(H,48,55,57)/t27-,29+,33?/m1/s1. The molecule has 1 aliphatic carbocycles. The van der Waals surface area contributed by atoms with Crippen LogP contribution in [0, 0.1) is 18.8 Å². The van der Waals surface area contributed by atoms with Gasteiger partial charge in [0.25, 0.3) is 5.91 Å². The van der Waals surface area contributed by atoms with E-state index in [0.29, 0.717) is 60.4 Å². The van der Waals surface area contributed by atoms with Crippen LogP contribution in [0.1, 0.15) is 66.2 Å².